The van der Waals surface area contributed by atoms with Crippen LogP contribution >= 0.6 is 23.2 Å². The van der Waals surface area contributed by atoms with E-state index < -0.39 is 6.10 Å². The van der Waals surface area contributed by atoms with Gasteiger partial charge >= 0.3 is 0 Å². The fourth-order valence-electron chi connectivity index (χ4n) is 1.54. The van der Waals surface area contributed by atoms with Crippen molar-refractivity contribution in [3.05, 3.63) is 69.7 Å². The van der Waals surface area contributed by atoms with Crippen molar-refractivity contribution >= 4 is 23.2 Å². The maximum absolute atomic E-state index is 10.2. The summed E-state index contributed by atoms with van der Waals surface area (Å²) < 4.78 is 0. The highest BCUT2D eigenvalue weighted by Gasteiger charge is 2.13. The monoisotopic (exact) mass is 252 g/mol. The first kappa shape index (κ1) is 11.5. The molecule has 0 aliphatic heterocycles. The molecular weight excluding hydrogens is 243 g/mol. The lowest BCUT2D eigenvalue weighted by molar-refractivity contribution is 0.220. The fourth-order valence-corrected chi connectivity index (χ4v) is 1.94. The predicted molar refractivity (Wildman–Crippen MR) is 67.0 cm³/mol. The van der Waals surface area contributed by atoms with E-state index in [2.05, 4.69) is 0 Å². The molecule has 0 saturated heterocycles. The number of aliphatic hydroxyl groups excluding tert-OH is 1. The Morgan fingerprint density at radius 1 is 0.938 bits per heavy atom. The molecule has 0 unspecified atom stereocenters. The number of benzene rings is 2. The lowest BCUT2D eigenvalue weighted by Gasteiger charge is -2.13. The van der Waals surface area contributed by atoms with Crippen LogP contribution in [-0.4, -0.2) is 5.11 Å². The molecule has 0 bridgehead atoms. The Bertz CT molecular complexity index is 483. The molecule has 3 heteroatoms. The molecule has 0 radical (unpaired) electrons. The molecule has 0 aromatic heterocycles. The number of halogens is 2. The van der Waals surface area contributed by atoms with Crippen molar-refractivity contribution in [1.29, 1.82) is 0 Å². The summed E-state index contributed by atoms with van der Waals surface area (Å²) in [5.74, 6) is 0. The molecule has 2 rings (SSSR count). The first-order valence-corrected chi connectivity index (χ1v) is 5.62. The second-order valence-corrected chi connectivity index (χ2v) is 4.32. The van der Waals surface area contributed by atoms with Crippen LogP contribution in [0.1, 0.15) is 17.2 Å². The number of rotatable bonds is 2. The van der Waals surface area contributed by atoms with Gasteiger partial charge in [0.05, 0.1) is 0 Å². The summed E-state index contributed by atoms with van der Waals surface area (Å²) >= 11 is 11.9. The van der Waals surface area contributed by atoms with E-state index in [1.807, 2.05) is 30.3 Å². The van der Waals surface area contributed by atoms with E-state index >= 15 is 0 Å². The van der Waals surface area contributed by atoms with E-state index in [9.17, 15) is 5.11 Å². The molecule has 0 heterocycles. The predicted octanol–water partition coefficient (Wildman–Crippen LogP) is 4.08. The standard InChI is InChI=1S/C13H10Cl2O/c14-10-6-7-12(15)11(8-10)13(16)9-4-2-1-3-5-9/h1-8,13,16H/t13-/m0/s1. The number of aliphatic hydroxyl groups is 1. The molecule has 82 valence electrons. The summed E-state index contributed by atoms with van der Waals surface area (Å²) in [7, 11) is 0. The minimum Gasteiger partial charge on any atom is -0.384 e. The topological polar surface area (TPSA) is 20.2 Å². The molecule has 0 amide bonds. The van der Waals surface area contributed by atoms with Gasteiger partial charge in [0.1, 0.15) is 6.10 Å². The summed E-state index contributed by atoms with van der Waals surface area (Å²) in [6.45, 7) is 0. The number of hydrogen-bond acceptors (Lipinski definition) is 1. The third-order valence-corrected chi connectivity index (χ3v) is 2.95. The maximum atomic E-state index is 10.2. The zero-order chi connectivity index (χ0) is 11.5. The van der Waals surface area contributed by atoms with Crippen molar-refractivity contribution in [3.8, 4) is 0 Å². The summed E-state index contributed by atoms with van der Waals surface area (Å²) in [5, 5.41) is 11.2. The molecule has 0 fully saturated rings. The average molecular weight is 253 g/mol. The molecule has 1 nitrogen and oxygen atoms in total. The molecule has 0 saturated carbocycles. The summed E-state index contributed by atoms with van der Waals surface area (Å²) in [5.41, 5.74) is 1.42. The zero-order valence-electron chi connectivity index (χ0n) is 8.40. The maximum Gasteiger partial charge on any atom is 0.106 e. The van der Waals surface area contributed by atoms with Crippen molar-refractivity contribution in [3.63, 3.8) is 0 Å². The Balaban J connectivity index is 2.41. The Morgan fingerprint density at radius 2 is 1.62 bits per heavy atom. The smallest absolute Gasteiger partial charge is 0.106 e. The van der Waals surface area contributed by atoms with Crippen LogP contribution in [-0.2, 0) is 0 Å². The molecule has 0 aliphatic rings. The average Bonchev–Trinajstić information content (AvgIpc) is 2.32. The van der Waals surface area contributed by atoms with Gasteiger partial charge in [-0.2, -0.15) is 0 Å². The fraction of sp³-hybridized carbons (Fsp3) is 0.0769. The lowest BCUT2D eigenvalue weighted by atomic mass is 10.0. The lowest BCUT2D eigenvalue weighted by Crippen LogP contribution is -2.00. The van der Waals surface area contributed by atoms with E-state index in [0.717, 1.165) is 5.56 Å². The minimum atomic E-state index is -0.743. The van der Waals surface area contributed by atoms with Crippen molar-refractivity contribution in [2.75, 3.05) is 0 Å². The third-order valence-electron chi connectivity index (χ3n) is 2.37. The van der Waals surface area contributed by atoms with Gasteiger partial charge in [0.15, 0.2) is 0 Å². The Hall–Kier alpha value is -1.02. The molecule has 2 aromatic rings. The zero-order valence-corrected chi connectivity index (χ0v) is 9.91. The first-order chi connectivity index (χ1) is 7.68. The molecular formula is C13H10Cl2O. The van der Waals surface area contributed by atoms with E-state index in [1.54, 1.807) is 18.2 Å². The Kier molecular flexibility index (Phi) is 3.49. The van der Waals surface area contributed by atoms with Crippen LogP contribution in [0.15, 0.2) is 48.5 Å². The highest BCUT2D eigenvalue weighted by molar-refractivity contribution is 6.33. The van der Waals surface area contributed by atoms with Crippen molar-refractivity contribution < 1.29 is 5.11 Å². The van der Waals surface area contributed by atoms with Gasteiger partial charge in [-0.15, -0.1) is 0 Å². The Morgan fingerprint density at radius 3 is 2.31 bits per heavy atom. The highest BCUT2D eigenvalue weighted by Crippen LogP contribution is 2.30. The summed E-state index contributed by atoms with van der Waals surface area (Å²) in [4.78, 5) is 0. The van der Waals surface area contributed by atoms with Gasteiger partial charge in [-0.1, -0.05) is 53.5 Å². The van der Waals surface area contributed by atoms with Gasteiger partial charge in [0, 0.05) is 15.6 Å². The largest absolute Gasteiger partial charge is 0.384 e. The van der Waals surface area contributed by atoms with Crippen LogP contribution in [0, 0.1) is 0 Å². The van der Waals surface area contributed by atoms with Gasteiger partial charge < -0.3 is 5.11 Å². The summed E-state index contributed by atoms with van der Waals surface area (Å²) in [6, 6.07) is 14.4. The SMILES string of the molecule is O[C@@H](c1ccccc1)c1cc(Cl)ccc1Cl. The highest BCUT2D eigenvalue weighted by atomic mass is 35.5. The van der Waals surface area contributed by atoms with Crippen LogP contribution < -0.4 is 0 Å². The van der Waals surface area contributed by atoms with Crippen LogP contribution in [0.3, 0.4) is 0 Å². The third kappa shape index (κ3) is 2.38. The van der Waals surface area contributed by atoms with Crippen LogP contribution in [0.5, 0.6) is 0 Å². The van der Waals surface area contributed by atoms with Gasteiger partial charge in [-0.05, 0) is 23.8 Å². The first-order valence-electron chi connectivity index (χ1n) is 4.86. The number of hydrogen-bond donors (Lipinski definition) is 1. The van der Waals surface area contributed by atoms with E-state index in [0.29, 0.717) is 15.6 Å². The van der Waals surface area contributed by atoms with E-state index in [4.69, 9.17) is 23.2 Å². The molecule has 0 spiro atoms. The van der Waals surface area contributed by atoms with Gasteiger partial charge in [0.2, 0.25) is 0 Å². The van der Waals surface area contributed by atoms with E-state index in [1.165, 1.54) is 0 Å². The van der Waals surface area contributed by atoms with Crippen LogP contribution in [0.25, 0.3) is 0 Å². The van der Waals surface area contributed by atoms with Gasteiger partial charge in [-0.3, -0.25) is 0 Å². The molecule has 16 heavy (non-hydrogen) atoms. The van der Waals surface area contributed by atoms with Crippen molar-refractivity contribution in [2.24, 2.45) is 0 Å². The second-order valence-electron chi connectivity index (χ2n) is 3.48. The second kappa shape index (κ2) is 4.88. The quantitative estimate of drug-likeness (QED) is 0.855. The molecule has 1 atom stereocenters. The van der Waals surface area contributed by atoms with Crippen molar-refractivity contribution in [2.45, 2.75) is 6.10 Å². The Labute approximate surface area is 104 Å². The van der Waals surface area contributed by atoms with E-state index in [-0.39, 0.29) is 0 Å². The van der Waals surface area contributed by atoms with Crippen LogP contribution in [0.4, 0.5) is 0 Å². The van der Waals surface area contributed by atoms with Gasteiger partial charge in [0.25, 0.3) is 0 Å². The molecule has 0 aliphatic carbocycles. The minimum absolute atomic E-state index is 0.515. The molecule has 1 N–H and O–H groups in total. The normalized spacial score (nSPS) is 12.4. The molecule has 2 aromatic carbocycles. The summed E-state index contributed by atoms with van der Waals surface area (Å²) in [6.07, 6.45) is -0.743. The van der Waals surface area contributed by atoms with Crippen LogP contribution in [0.2, 0.25) is 10.0 Å². The van der Waals surface area contributed by atoms with Gasteiger partial charge in [-0.25, -0.2) is 0 Å². The van der Waals surface area contributed by atoms with Crippen molar-refractivity contribution in [1.82, 2.24) is 0 Å².